The fourth-order valence-electron chi connectivity index (χ4n) is 7.30. The van der Waals surface area contributed by atoms with E-state index >= 15 is 0 Å². The average Bonchev–Trinajstić information content (AvgIpc) is 3.20. The van der Waals surface area contributed by atoms with Crippen LogP contribution in [-0.4, -0.2) is 98.7 Å². The summed E-state index contributed by atoms with van der Waals surface area (Å²) < 4.78 is 11.1. The Morgan fingerprint density at radius 3 is 1.55 bits per heavy atom. The van der Waals surface area contributed by atoms with E-state index in [4.69, 9.17) is 9.47 Å². The van der Waals surface area contributed by atoms with Gasteiger partial charge in [0.15, 0.2) is 6.29 Å². The third-order valence-electron chi connectivity index (χ3n) is 11.1. The second-order valence-electron chi connectivity index (χ2n) is 16.3. The maximum atomic E-state index is 13.0. The Balaban J connectivity index is 2.41. The number of amides is 1. The summed E-state index contributed by atoms with van der Waals surface area (Å²) in [5.74, 6) is -0.625. The highest BCUT2D eigenvalue weighted by molar-refractivity contribution is 5.80. The Kier molecular flexibility index (Phi) is 34.5. The van der Waals surface area contributed by atoms with Crippen LogP contribution in [0.25, 0.3) is 0 Å². The zero-order valence-corrected chi connectivity index (χ0v) is 35.8. The zero-order valence-electron chi connectivity index (χ0n) is 35.8. The zero-order chi connectivity index (χ0) is 41.1. The number of hydrogen-bond donors (Lipinski definition) is 7. The maximum absolute atomic E-state index is 13.0. The molecule has 56 heavy (non-hydrogen) atoms. The van der Waals surface area contributed by atoms with E-state index in [9.17, 15) is 35.4 Å². The van der Waals surface area contributed by atoms with Crippen LogP contribution >= 0.6 is 0 Å². The predicted molar refractivity (Wildman–Crippen MR) is 227 cm³/mol. The van der Waals surface area contributed by atoms with Crippen molar-refractivity contribution in [2.75, 3.05) is 13.2 Å². The molecule has 1 fully saturated rings. The maximum Gasteiger partial charge on any atom is 0.249 e. The van der Waals surface area contributed by atoms with Crippen molar-refractivity contribution >= 4 is 5.91 Å². The van der Waals surface area contributed by atoms with Gasteiger partial charge in [0.25, 0.3) is 0 Å². The summed E-state index contributed by atoms with van der Waals surface area (Å²) in [5, 5.41) is 64.6. The number of unbranched alkanes of at least 4 members (excludes halogenated alkanes) is 25. The first-order valence-electron chi connectivity index (χ1n) is 23.2. The molecule has 0 saturated carbocycles. The highest BCUT2D eigenvalue weighted by Crippen LogP contribution is 2.23. The molecule has 7 N–H and O–H groups in total. The lowest BCUT2D eigenvalue weighted by Gasteiger charge is -2.40. The minimum absolute atomic E-state index is 0.308. The molecule has 8 atom stereocenters. The molecule has 0 spiro atoms. The van der Waals surface area contributed by atoms with Gasteiger partial charge in [-0.1, -0.05) is 192 Å². The van der Waals surface area contributed by atoms with E-state index in [0.29, 0.717) is 19.3 Å². The molecule has 0 aromatic carbocycles. The van der Waals surface area contributed by atoms with E-state index in [1.807, 2.05) is 6.08 Å². The lowest BCUT2D eigenvalue weighted by molar-refractivity contribution is -0.302. The van der Waals surface area contributed by atoms with Crippen molar-refractivity contribution in [3.05, 3.63) is 24.3 Å². The summed E-state index contributed by atoms with van der Waals surface area (Å²) in [6.45, 7) is 3.58. The number of ether oxygens (including phenoxy) is 2. The Hall–Kier alpha value is -1.37. The molecule has 10 heteroatoms. The number of carbonyl (C=O) groups excluding carboxylic acids is 1. The molecular formula is C46H87NO9. The highest BCUT2D eigenvalue weighted by Gasteiger charge is 2.44. The first-order valence-corrected chi connectivity index (χ1v) is 23.2. The molecule has 1 rings (SSSR count). The van der Waals surface area contributed by atoms with Crippen molar-refractivity contribution in [1.29, 1.82) is 0 Å². The number of carbonyl (C=O) groups is 1. The molecule has 330 valence electrons. The molecule has 0 aliphatic carbocycles. The summed E-state index contributed by atoms with van der Waals surface area (Å²) in [7, 11) is 0. The molecule has 8 unspecified atom stereocenters. The molecule has 1 saturated heterocycles. The Morgan fingerprint density at radius 2 is 1.05 bits per heavy atom. The van der Waals surface area contributed by atoms with Crippen molar-refractivity contribution in [2.45, 2.75) is 249 Å². The van der Waals surface area contributed by atoms with Crippen molar-refractivity contribution in [3.8, 4) is 0 Å². The third-order valence-corrected chi connectivity index (χ3v) is 11.1. The SMILES string of the molecule is CCCCCCCCC/C=C/CC/C=C/C(O)C(COC1OC(CO)C(O)C(O)C1O)NC(=O)C(O)CCCCCCCCCCCCCCCCCCCC. The van der Waals surface area contributed by atoms with Crippen molar-refractivity contribution in [1.82, 2.24) is 5.32 Å². The fraction of sp³-hybridized carbons (Fsp3) is 0.891. The molecule has 10 nitrogen and oxygen atoms in total. The molecule has 1 heterocycles. The molecule has 0 aromatic heterocycles. The minimum atomic E-state index is -1.61. The molecule has 0 radical (unpaired) electrons. The van der Waals surface area contributed by atoms with Crippen molar-refractivity contribution < 1.29 is 44.9 Å². The van der Waals surface area contributed by atoms with Crippen LogP contribution in [0.2, 0.25) is 0 Å². The second kappa shape index (κ2) is 36.7. The van der Waals surface area contributed by atoms with Crippen LogP contribution in [0.4, 0.5) is 0 Å². The smallest absolute Gasteiger partial charge is 0.249 e. The van der Waals surface area contributed by atoms with Crippen LogP contribution in [-0.2, 0) is 14.3 Å². The van der Waals surface area contributed by atoms with Gasteiger partial charge in [-0.15, -0.1) is 0 Å². The largest absolute Gasteiger partial charge is 0.394 e. The third kappa shape index (κ3) is 26.6. The van der Waals surface area contributed by atoms with Gasteiger partial charge in [0.2, 0.25) is 5.91 Å². The van der Waals surface area contributed by atoms with Gasteiger partial charge in [-0.3, -0.25) is 4.79 Å². The number of allylic oxidation sites excluding steroid dienone is 3. The average molecular weight is 798 g/mol. The summed E-state index contributed by atoms with van der Waals surface area (Å²) in [6, 6.07) is -0.992. The lowest BCUT2D eigenvalue weighted by Crippen LogP contribution is -2.60. The van der Waals surface area contributed by atoms with Gasteiger partial charge in [-0.2, -0.15) is 0 Å². The Morgan fingerprint density at radius 1 is 0.607 bits per heavy atom. The van der Waals surface area contributed by atoms with Gasteiger partial charge in [-0.25, -0.2) is 0 Å². The van der Waals surface area contributed by atoms with Gasteiger partial charge < -0.3 is 45.4 Å². The standard InChI is InChI=1S/C46H87NO9/c1-3-5-7-9-11-13-15-17-18-19-20-21-23-25-27-29-31-33-35-40(50)45(54)47-38(37-55-46-44(53)43(52)42(51)41(36-48)56-46)39(49)34-32-30-28-26-24-22-16-14-12-10-8-6-4-2/h24,26,32,34,38-44,46,48-53H,3-23,25,27-31,33,35-37H2,1-2H3,(H,47,54)/b26-24+,34-32+. The van der Waals surface area contributed by atoms with Gasteiger partial charge in [0.1, 0.15) is 30.5 Å². The van der Waals surface area contributed by atoms with Crippen LogP contribution in [0.3, 0.4) is 0 Å². The predicted octanol–water partition coefficient (Wildman–Crippen LogP) is 8.47. The first kappa shape index (κ1) is 52.6. The Labute approximate surface area is 341 Å². The lowest BCUT2D eigenvalue weighted by atomic mass is 9.99. The van der Waals surface area contributed by atoms with E-state index < -0.39 is 61.5 Å². The van der Waals surface area contributed by atoms with E-state index in [2.05, 4.69) is 31.3 Å². The summed E-state index contributed by atoms with van der Waals surface area (Å²) in [4.78, 5) is 13.0. The number of rotatable bonds is 38. The summed E-state index contributed by atoms with van der Waals surface area (Å²) in [6.07, 6.45) is 32.7. The van der Waals surface area contributed by atoms with Crippen LogP contribution in [0.1, 0.15) is 200 Å². The number of hydrogen-bond acceptors (Lipinski definition) is 9. The molecule has 0 bridgehead atoms. The van der Waals surface area contributed by atoms with E-state index in [1.54, 1.807) is 6.08 Å². The van der Waals surface area contributed by atoms with E-state index in [-0.39, 0.29) is 6.61 Å². The van der Waals surface area contributed by atoms with Crippen LogP contribution in [0.5, 0.6) is 0 Å². The van der Waals surface area contributed by atoms with Gasteiger partial charge in [0, 0.05) is 0 Å². The molecule has 0 aromatic rings. The molecule has 1 aliphatic rings. The Bertz CT molecular complexity index is 948. The number of aliphatic hydroxyl groups excluding tert-OH is 6. The summed E-state index contributed by atoms with van der Waals surface area (Å²) >= 11 is 0. The minimum Gasteiger partial charge on any atom is -0.394 e. The van der Waals surface area contributed by atoms with Crippen LogP contribution < -0.4 is 5.32 Å². The summed E-state index contributed by atoms with van der Waals surface area (Å²) in [5.41, 5.74) is 0. The normalized spacial score (nSPS) is 21.9. The van der Waals surface area contributed by atoms with Gasteiger partial charge in [-0.05, 0) is 32.1 Å². The molecule has 1 aliphatic heterocycles. The first-order chi connectivity index (χ1) is 27.3. The van der Waals surface area contributed by atoms with E-state index in [0.717, 1.165) is 32.1 Å². The van der Waals surface area contributed by atoms with E-state index in [1.165, 1.54) is 135 Å². The highest BCUT2D eigenvalue weighted by atomic mass is 16.7. The molecule has 1 amide bonds. The number of aliphatic hydroxyl groups is 6. The fourth-order valence-corrected chi connectivity index (χ4v) is 7.30. The van der Waals surface area contributed by atoms with Crippen LogP contribution in [0, 0.1) is 0 Å². The topological polar surface area (TPSA) is 169 Å². The van der Waals surface area contributed by atoms with Crippen molar-refractivity contribution in [3.63, 3.8) is 0 Å². The van der Waals surface area contributed by atoms with Crippen molar-refractivity contribution in [2.24, 2.45) is 0 Å². The van der Waals surface area contributed by atoms with Crippen LogP contribution in [0.15, 0.2) is 24.3 Å². The molecular weight excluding hydrogens is 711 g/mol. The monoisotopic (exact) mass is 798 g/mol. The van der Waals surface area contributed by atoms with Gasteiger partial charge in [0.05, 0.1) is 25.4 Å². The van der Waals surface area contributed by atoms with Gasteiger partial charge >= 0.3 is 0 Å². The number of nitrogens with one attached hydrogen (secondary N) is 1. The quantitative estimate of drug-likeness (QED) is 0.0239. The second-order valence-corrected chi connectivity index (χ2v) is 16.3.